The molecule has 0 saturated carbocycles. The van der Waals surface area contributed by atoms with Gasteiger partial charge in [0.2, 0.25) is 0 Å². The van der Waals surface area contributed by atoms with Crippen molar-refractivity contribution in [2.45, 2.75) is 26.0 Å². The molecule has 1 unspecified atom stereocenters. The molecule has 1 rings (SSSR count). The topological polar surface area (TPSA) is 67.8 Å². The summed E-state index contributed by atoms with van der Waals surface area (Å²) in [5.74, 6) is 0.189. The number of likely N-dealkylation sites (N-methyl/N-ethyl adjacent to an activating group) is 1. The maximum absolute atomic E-state index is 11.8. The first-order valence-corrected chi connectivity index (χ1v) is 6.22. The number of aliphatic hydroxyl groups excluding tert-OH is 1. The van der Waals surface area contributed by atoms with Gasteiger partial charge in [0.1, 0.15) is 17.9 Å². The molecule has 0 fully saturated rings. The van der Waals surface area contributed by atoms with Gasteiger partial charge in [0.05, 0.1) is 13.7 Å². The van der Waals surface area contributed by atoms with Crippen LogP contribution in [0, 0.1) is 0 Å². The molecule has 0 aliphatic rings. The van der Waals surface area contributed by atoms with Crippen LogP contribution in [-0.2, 0) is 16.1 Å². The molecule has 1 aromatic carbocycles. The van der Waals surface area contributed by atoms with E-state index in [1.165, 1.54) is 7.11 Å². The van der Waals surface area contributed by atoms with Crippen molar-refractivity contribution in [1.82, 2.24) is 5.32 Å². The van der Waals surface area contributed by atoms with Crippen LogP contribution in [0.2, 0.25) is 0 Å². The van der Waals surface area contributed by atoms with Gasteiger partial charge in [-0.2, -0.15) is 0 Å². The van der Waals surface area contributed by atoms with Crippen molar-refractivity contribution >= 4 is 5.97 Å². The molecule has 19 heavy (non-hydrogen) atoms. The third-order valence-electron chi connectivity index (χ3n) is 2.86. The van der Waals surface area contributed by atoms with E-state index in [0.717, 1.165) is 0 Å². The number of rotatable bonds is 7. The van der Waals surface area contributed by atoms with Gasteiger partial charge >= 0.3 is 5.97 Å². The third kappa shape index (κ3) is 3.94. The predicted molar refractivity (Wildman–Crippen MR) is 72.0 cm³/mol. The van der Waals surface area contributed by atoms with Gasteiger partial charge in [-0.25, -0.2) is 4.79 Å². The van der Waals surface area contributed by atoms with E-state index in [0.29, 0.717) is 17.9 Å². The first-order chi connectivity index (χ1) is 9.07. The van der Waals surface area contributed by atoms with E-state index in [9.17, 15) is 9.90 Å². The smallest absolute Gasteiger partial charge is 0.329 e. The van der Waals surface area contributed by atoms with E-state index in [2.05, 4.69) is 5.32 Å². The van der Waals surface area contributed by atoms with Gasteiger partial charge in [-0.15, -0.1) is 0 Å². The number of nitrogens with one attached hydrogen (secondary N) is 1. The van der Waals surface area contributed by atoms with Gasteiger partial charge in [-0.1, -0.05) is 25.1 Å². The summed E-state index contributed by atoms with van der Waals surface area (Å²) < 4.78 is 10.4. The van der Waals surface area contributed by atoms with E-state index >= 15 is 0 Å². The van der Waals surface area contributed by atoms with Crippen molar-refractivity contribution in [1.29, 1.82) is 0 Å². The lowest BCUT2D eigenvalue weighted by atomic mass is 10.0. The molecule has 0 heterocycles. The SMILES string of the molecule is CCNC(C)(COc1ccccc1CO)C(=O)OC. The summed E-state index contributed by atoms with van der Waals surface area (Å²) in [6, 6.07) is 7.17. The molecular formula is C14H21NO4. The molecule has 0 amide bonds. The van der Waals surface area contributed by atoms with E-state index in [4.69, 9.17) is 9.47 Å². The molecule has 0 aliphatic carbocycles. The number of hydrogen-bond donors (Lipinski definition) is 2. The highest BCUT2D eigenvalue weighted by atomic mass is 16.5. The average Bonchev–Trinajstić information content (AvgIpc) is 2.44. The quantitative estimate of drug-likeness (QED) is 0.724. The van der Waals surface area contributed by atoms with E-state index in [1.54, 1.807) is 19.1 Å². The highest BCUT2D eigenvalue weighted by molar-refractivity contribution is 5.80. The molecule has 0 spiro atoms. The number of benzene rings is 1. The summed E-state index contributed by atoms with van der Waals surface area (Å²) in [6.07, 6.45) is 0. The number of carbonyl (C=O) groups is 1. The number of esters is 1. The van der Waals surface area contributed by atoms with Gasteiger partial charge in [-0.3, -0.25) is 5.32 Å². The van der Waals surface area contributed by atoms with E-state index in [-0.39, 0.29) is 19.2 Å². The molecule has 0 radical (unpaired) electrons. The van der Waals surface area contributed by atoms with Crippen molar-refractivity contribution in [3.8, 4) is 5.75 Å². The zero-order valence-corrected chi connectivity index (χ0v) is 11.6. The standard InChI is InChI=1S/C14H21NO4/c1-4-15-14(2,13(17)18-3)10-19-12-8-6-5-7-11(12)9-16/h5-8,15-16H,4,9-10H2,1-3H3. The largest absolute Gasteiger partial charge is 0.491 e. The first kappa shape index (κ1) is 15.5. The average molecular weight is 267 g/mol. The summed E-state index contributed by atoms with van der Waals surface area (Å²) in [5.41, 5.74) is -0.224. The molecule has 0 saturated heterocycles. The Hall–Kier alpha value is -1.59. The van der Waals surface area contributed by atoms with Crippen molar-refractivity contribution in [2.24, 2.45) is 0 Å². The molecule has 0 bridgehead atoms. The van der Waals surface area contributed by atoms with Crippen LogP contribution >= 0.6 is 0 Å². The lowest BCUT2D eigenvalue weighted by Gasteiger charge is -2.27. The van der Waals surface area contributed by atoms with Crippen LogP contribution in [-0.4, -0.2) is 36.9 Å². The molecular weight excluding hydrogens is 246 g/mol. The molecule has 0 aromatic heterocycles. The maximum atomic E-state index is 11.8. The Morgan fingerprint density at radius 1 is 1.42 bits per heavy atom. The van der Waals surface area contributed by atoms with Crippen LogP contribution in [0.3, 0.4) is 0 Å². The third-order valence-corrected chi connectivity index (χ3v) is 2.86. The molecule has 5 heteroatoms. The van der Waals surface area contributed by atoms with Crippen LogP contribution in [0.25, 0.3) is 0 Å². The van der Waals surface area contributed by atoms with Crippen molar-refractivity contribution in [3.05, 3.63) is 29.8 Å². The van der Waals surface area contributed by atoms with E-state index in [1.807, 2.05) is 19.1 Å². The van der Waals surface area contributed by atoms with E-state index < -0.39 is 5.54 Å². The van der Waals surface area contributed by atoms with Gasteiger partial charge in [0, 0.05) is 5.56 Å². The Balaban J connectivity index is 2.79. The van der Waals surface area contributed by atoms with Crippen molar-refractivity contribution in [2.75, 3.05) is 20.3 Å². The Kier molecular flexibility index (Phi) is 5.79. The number of aliphatic hydroxyl groups is 1. The molecule has 1 aromatic rings. The van der Waals surface area contributed by atoms with Gasteiger partial charge in [-0.05, 0) is 19.5 Å². The Bertz CT molecular complexity index is 422. The zero-order chi connectivity index (χ0) is 14.3. The second-order valence-corrected chi connectivity index (χ2v) is 4.41. The predicted octanol–water partition coefficient (Wildman–Crippen LogP) is 1.10. The van der Waals surface area contributed by atoms with Crippen LogP contribution in [0.4, 0.5) is 0 Å². The number of ether oxygens (including phenoxy) is 2. The minimum Gasteiger partial charge on any atom is -0.491 e. The molecule has 5 nitrogen and oxygen atoms in total. The first-order valence-electron chi connectivity index (χ1n) is 6.22. The lowest BCUT2D eigenvalue weighted by molar-refractivity contribution is -0.149. The van der Waals surface area contributed by atoms with Crippen LogP contribution in [0.15, 0.2) is 24.3 Å². The number of carbonyl (C=O) groups excluding carboxylic acids is 1. The second kappa shape index (κ2) is 7.11. The van der Waals surface area contributed by atoms with Crippen molar-refractivity contribution < 1.29 is 19.4 Å². The van der Waals surface area contributed by atoms with Crippen LogP contribution < -0.4 is 10.1 Å². The Morgan fingerprint density at radius 3 is 2.68 bits per heavy atom. The number of para-hydroxylation sites is 1. The zero-order valence-electron chi connectivity index (χ0n) is 11.6. The number of hydrogen-bond acceptors (Lipinski definition) is 5. The highest BCUT2D eigenvalue weighted by Crippen LogP contribution is 2.19. The highest BCUT2D eigenvalue weighted by Gasteiger charge is 2.34. The van der Waals surface area contributed by atoms with Crippen LogP contribution in [0.1, 0.15) is 19.4 Å². The van der Waals surface area contributed by atoms with Crippen LogP contribution in [0.5, 0.6) is 5.75 Å². The maximum Gasteiger partial charge on any atom is 0.329 e. The lowest BCUT2D eigenvalue weighted by Crippen LogP contribution is -2.54. The Morgan fingerprint density at radius 2 is 2.11 bits per heavy atom. The summed E-state index contributed by atoms with van der Waals surface area (Å²) in [5, 5.41) is 12.3. The van der Waals surface area contributed by atoms with Gasteiger partial charge < -0.3 is 14.6 Å². The van der Waals surface area contributed by atoms with Crippen molar-refractivity contribution in [3.63, 3.8) is 0 Å². The minimum atomic E-state index is -0.911. The Labute approximate surface area is 113 Å². The summed E-state index contributed by atoms with van der Waals surface area (Å²) in [7, 11) is 1.35. The monoisotopic (exact) mass is 267 g/mol. The molecule has 0 aliphatic heterocycles. The second-order valence-electron chi connectivity index (χ2n) is 4.41. The summed E-state index contributed by atoms with van der Waals surface area (Å²) in [4.78, 5) is 11.8. The van der Waals surface area contributed by atoms with Gasteiger partial charge in [0.25, 0.3) is 0 Å². The fraction of sp³-hybridized carbons (Fsp3) is 0.500. The summed E-state index contributed by atoms with van der Waals surface area (Å²) >= 11 is 0. The minimum absolute atomic E-state index is 0.105. The molecule has 1 atom stereocenters. The van der Waals surface area contributed by atoms with Gasteiger partial charge in [0.15, 0.2) is 0 Å². The molecule has 106 valence electrons. The number of methoxy groups -OCH3 is 1. The fourth-order valence-corrected chi connectivity index (χ4v) is 1.79. The molecule has 2 N–H and O–H groups in total. The fourth-order valence-electron chi connectivity index (χ4n) is 1.79. The normalized spacial score (nSPS) is 13.7. The summed E-state index contributed by atoms with van der Waals surface area (Å²) in [6.45, 7) is 4.28.